The average molecular weight is 361 g/mol. The molecule has 0 aliphatic rings. The zero-order chi connectivity index (χ0) is 17.7. The van der Waals surface area contributed by atoms with Crippen LogP contribution in [0.1, 0.15) is 11.3 Å². The number of nitrogens with one attached hydrogen (secondary N) is 2. The molecule has 24 heavy (non-hydrogen) atoms. The largest absolute Gasteiger partial charge is 0.416 e. The fourth-order valence-electron chi connectivity index (χ4n) is 1.91. The summed E-state index contributed by atoms with van der Waals surface area (Å²) in [7, 11) is 1.57. The molecule has 9 heteroatoms. The van der Waals surface area contributed by atoms with Gasteiger partial charge in [0.1, 0.15) is 5.82 Å². The number of alkyl halides is 3. The van der Waals surface area contributed by atoms with E-state index < -0.39 is 11.7 Å². The summed E-state index contributed by atoms with van der Waals surface area (Å²) in [5, 5.41) is 5.92. The summed E-state index contributed by atoms with van der Waals surface area (Å²) in [5.74, 6) is 0.682. The van der Waals surface area contributed by atoms with Gasteiger partial charge >= 0.3 is 6.18 Å². The number of rotatable bonds is 6. The predicted molar refractivity (Wildman–Crippen MR) is 86.9 cm³/mol. The lowest BCUT2D eigenvalue weighted by molar-refractivity contribution is -0.137. The van der Waals surface area contributed by atoms with Gasteiger partial charge in [-0.1, -0.05) is 11.6 Å². The van der Waals surface area contributed by atoms with Gasteiger partial charge in [-0.05, 0) is 25.1 Å². The number of benzene rings is 1. The molecular formula is C15H16ClF3N4O. The van der Waals surface area contributed by atoms with E-state index in [1.807, 2.05) is 0 Å². The van der Waals surface area contributed by atoms with E-state index in [0.29, 0.717) is 30.6 Å². The highest BCUT2D eigenvalue weighted by atomic mass is 35.5. The van der Waals surface area contributed by atoms with E-state index in [1.54, 1.807) is 20.1 Å². The molecule has 0 fully saturated rings. The van der Waals surface area contributed by atoms with Crippen LogP contribution in [0.2, 0.25) is 5.02 Å². The van der Waals surface area contributed by atoms with Crippen molar-refractivity contribution in [1.29, 1.82) is 0 Å². The number of ether oxygens (including phenoxy) is 1. The minimum Gasteiger partial charge on any atom is -0.383 e. The maximum atomic E-state index is 12.8. The van der Waals surface area contributed by atoms with Gasteiger partial charge in [0, 0.05) is 25.4 Å². The van der Waals surface area contributed by atoms with E-state index in [1.165, 1.54) is 6.07 Å². The molecule has 2 rings (SSSR count). The molecule has 130 valence electrons. The molecule has 2 aromatic rings. The van der Waals surface area contributed by atoms with Gasteiger partial charge in [0.05, 0.1) is 22.9 Å². The lowest BCUT2D eigenvalue weighted by atomic mass is 10.2. The Balaban J connectivity index is 2.24. The summed E-state index contributed by atoms with van der Waals surface area (Å²) in [4.78, 5) is 8.40. The maximum Gasteiger partial charge on any atom is 0.416 e. The van der Waals surface area contributed by atoms with E-state index in [4.69, 9.17) is 16.3 Å². The molecule has 0 radical (unpaired) electrons. The smallest absolute Gasteiger partial charge is 0.383 e. The van der Waals surface area contributed by atoms with Crippen molar-refractivity contribution < 1.29 is 17.9 Å². The van der Waals surface area contributed by atoms with Crippen molar-refractivity contribution in [1.82, 2.24) is 9.97 Å². The third kappa shape index (κ3) is 4.97. The lowest BCUT2D eigenvalue weighted by Crippen LogP contribution is -2.11. The number of hydrogen-bond donors (Lipinski definition) is 2. The van der Waals surface area contributed by atoms with Gasteiger partial charge in [0.15, 0.2) is 0 Å². The molecule has 0 spiro atoms. The topological polar surface area (TPSA) is 59.1 Å². The molecule has 1 heterocycles. The van der Waals surface area contributed by atoms with E-state index in [9.17, 15) is 13.2 Å². The zero-order valence-electron chi connectivity index (χ0n) is 13.0. The average Bonchev–Trinajstić information content (AvgIpc) is 2.48. The molecule has 1 aromatic heterocycles. The van der Waals surface area contributed by atoms with Crippen LogP contribution in [-0.4, -0.2) is 30.2 Å². The minimum absolute atomic E-state index is 0.118. The van der Waals surface area contributed by atoms with E-state index in [2.05, 4.69) is 20.6 Å². The van der Waals surface area contributed by atoms with Crippen LogP contribution in [0.4, 0.5) is 30.6 Å². The molecule has 2 N–H and O–H groups in total. The Morgan fingerprint density at radius 1 is 1.21 bits per heavy atom. The molecule has 0 unspecified atom stereocenters. The summed E-state index contributed by atoms with van der Waals surface area (Å²) in [5.41, 5.74) is -0.0263. The highest BCUT2D eigenvalue weighted by molar-refractivity contribution is 6.33. The molecule has 0 bridgehead atoms. The second kappa shape index (κ2) is 7.67. The van der Waals surface area contributed by atoms with Crippen LogP contribution in [0.3, 0.4) is 0 Å². The number of anilines is 3. The van der Waals surface area contributed by atoms with Crippen molar-refractivity contribution in [2.75, 3.05) is 30.9 Å². The monoisotopic (exact) mass is 360 g/mol. The second-order valence-corrected chi connectivity index (χ2v) is 5.36. The molecule has 1 aromatic carbocycles. The summed E-state index contributed by atoms with van der Waals surface area (Å²) in [6.07, 6.45) is -4.45. The number of halogens is 4. The van der Waals surface area contributed by atoms with Crippen LogP contribution in [0.25, 0.3) is 0 Å². The molecule has 0 atom stereocenters. The SMILES string of the molecule is COCCNc1nc(C)cc(Nc2cc(C(F)(F)F)ccc2Cl)n1. The Hall–Kier alpha value is -2.06. The number of aryl methyl sites for hydroxylation is 1. The maximum absolute atomic E-state index is 12.8. The Bertz CT molecular complexity index is 710. The summed E-state index contributed by atoms with van der Waals surface area (Å²) in [6.45, 7) is 2.73. The molecule has 0 aliphatic heterocycles. The lowest BCUT2D eigenvalue weighted by Gasteiger charge is -2.13. The fourth-order valence-corrected chi connectivity index (χ4v) is 2.08. The first-order valence-electron chi connectivity index (χ1n) is 7.02. The first-order valence-corrected chi connectivity index (χ1v) is 7.39. The Labute approximate surface area is 142 Å². The van der Waals surface area contributed by atoms with E-state index >= 15 is 0 Å². The minimum atomic E-state index is -4.45. The van der Waals surface area contributed by atoms with Gasteiger partial charge in [0.25, 0.3) is 0 Å². The molecule has 0 saturated carbocycles. The Morgan fingerprint density at radius 3 is 2.62 bits per heavy atom. The van der Waals surface area contributed by atoms with Gasteiger partial charge in [-0.3, -0.25) is 0 Å². The summed E-state index contributed by atoms with van der Waals surface area (Å²) >= 11 is 5.97. The Kier molecular flexibility index (Phi) is 5.84. The quantitative estimate of drug-likeness (QED) is 0.754. The van der Waals surface area contributed by atoms with Crippen LogP contribution in [0, 0.1) is 6.92 Å². The molecule has 5 nitrogen and oxygen atoms in total. The summed E-state index contributed by atoms with van der Waals surface area (Å²) < 4.78 is 43.4. The summed E-state index contributed by atoms with van der Waals surface area (Å²) in [6, 6.07) is 4.67. The second-order valence-electron chi connectivity index (χ2n) is 4.96. The highest BCUT2D eigenvalue weighted by Crippen LogP contribution is 2.34. The van der Waals surface area contributed by atoms with Crippen molar-refractivity contribution in [2.24, 2.45) is 0 Å². The van der Waals surface area contributed by atoms with Crippen molar-refractivity contribution >= 4 is 29.1 Å². The van der Waals surface area contributed by atoms with Gasteiger partial charge < -0.3 is 15.4 Å². The van der Waals surface area contributed by atoms with Crippen molar-refractivity contribution in [3.63, 3.8) is 0 Å². The van der Waals surface area contributed by atoms with Crippen LogP contribution in [0.15, 0.2) is 24.3 Å². The van der Waals surface area contributed by atoms with Gasteiger partial charge in [-0.25, -0.2) is 4.98 Å². The highest BCUT2D eigenvalue weighted by Gasteiger charge is 2.31. The predicted octanol–water partition coefficient (Wildman–Crippen LogP) is 4.26. The van der Waals surface area contributed by atoms with Crippen molar-refractivity contribution in [3.05, 3.63) is 40.5 Å². The van der Waals surface area contributed by atoms with Crippen LogP contribution < -0.4 is 10.6 Å². The van der Waals surface area contributed by atoms with Crippen LogP contribution in [0.5, 0.6) is 0 Å². The van der Waals surface area contributed by atoms with Gasteiger partial charge in [-0.15, -0.1) is 0 Å². The van der Waals surface area contributed by atoms with Crippen LogP contribution >= 0.6 is 11.6 Å². The van der Waals surface area contributed by atoms with E-state index in [0.717, 1.165) is 12.1 Å². The van der Waals surface area contributed by atoms with Gasteiger partial charge in [-0.2, -0.15) is 18.2 Å². The number of aromatic nitrogens is 2. The van der Waals surface area contributed by atoms with Crippen LogP contribution in [-0.2, 0) is 10.9 Å². The molecule has 0 amide bonds. The van der Waals surface area contributed by atoms with Gasteiger partial charge in [0.2, 0.25) is 5.95 Å². The first kappa shape index (κ1) is 18.3. The Morgan fingerprint density at radius 2 is 1.96 bits per heavy atom. The van der Waals surface area contributed by atoms with E-state index in [-0.39, 0.29) is 10.7 Å². The molecular weight excluding hydrogens is 345 g/mol. The zero-order valence-corrected chi connectivity index (χ0v) is 13.8. The number of nitrogens with zero attached hydrogens (tertiary/aromatic N) is 2. The third-order valence-electron chi connectivity index (χ3n) is 3.00. The number of hydrogen-bond acceptors (Lipinski definition) is 5. The standard InChI is InChI=1S/C15H16ClF3N4O/c1-9-7-13(23-14(21-9)20-5-6-24-2)22-12-8-10(15(17,18)19)3-4-11(12)16/h3-4,7-8H,5-6H2,1-2H3,(H2,20,21,22,23). The third-order valence-corrected chi connectivity index (χ3v) is 3.33. The fraction of sp³-hybridized carbons (Fsp3) is 0.333. The number of methoxy groups -OCH3 is 1. The van der Waals surface area contributed by atoms with Crippen molar-refractivity contribution in [3.8, 4) is 0 Å². The molecule has 0 aliphatic carbocycles. The normalized spacial score (nSPS) is 11.4. The molecule has 0 saturated heterocycles. The van der Waals surface area contributed by atoms with Crippen molar-refractivity contribution in [2.45, 2.75) is 13.1 Å². The first-order chi connectivity index (χ1) is 11.3.